The van der Waals surface area contributed by atoms with Crippen LogP contribution in [0.2, 0.25) is 0 Å². The number of hydrogen-bond donors (Lipinski definition) is 0. The molecule has 0 saturated carbocycles. The van der Waals surface area contributed by atoms with Crippen LogP contribution in [0, 0.1) is 16.7 Å². The maximum absolute atomic E-state index is 11.7. The molecule has 0 N–H and O–H groups in total. The molecule has 0 bridgehead atoms. The highest BCUT2D eigenvalue weighted by atomic mass is 16.1. The normalized spacial score (nSPS) is 39.6. The molecule has 0 saturated heterocycles. The third kappa shape index (κ3) is 1.05. The van der Waals surface area contributed by atoms with Crippen LogP contribution in [0.1, 0.15) is 34.1 Å². The third-order valence-corrected chi connectivity index (χ3v) is 4.01. The quantitative estimate of drug-likeness (QED) is 0.536. The van der Waals surface area contributed by atoms with Crippen LogP contribution in [0.15, 0.2) is 23.8 Å². The highest BCUT2D eigenvalue weighted by molar-refractivity contribution is 5.97. The van der Waals surface area contributed by atoms with Gasteiger partial charge >= 0.3 is 0 Å². The minimum absolute atomic E-state index is 0.0150. The van der Waals surface area contributed by atoms with E-state index < -0.39 is 0 Å². The van der Waals surface area contributed by atoms with E-state index in [0.717, 1.165) is 6.42 Å². The lowest BCUT2D eigenvalue weighted by atomic mass is 9.62. The average molecular weight is 190 g/mol. The first kappa shape index (κ1) is 9.70. The molecule has 76 valence electrons. The summed E-state index contributed by atoms with van der Waals surface area (Å²) in [4.78, 5) is 11.7. The van der Waals surface area contributed by atoms with Gasteiger partial charge in [0.05, 0.1) is 0 Å². The van der Waals surface area contributed by atoms with Gasteiger partial charge in [-0.1, -0.05) is 45.4 Å². The molecule has 0 fully saturated rings. The van der Waals surface area contributed by atoms with E-state index in [2.05, 4.69) is 32.9 Å². The van der Waals surface area contributed by atoms with E-state index in [1.807, 2.05) is 13.0 Å². The second-order valence-electron chi connectivity index (χ2n) is 5.46. The number of hydrogen-bond acceptors (Lipinski definition) is 1. The van der Waals surface area contributed by atoms with Crippen LogP contribution in [0.5, 0.6) is 0 Å². The van der Waals surface area contributed by atoms with Crippen molar-refractivity contribution in [2.24, 2.45) is 16.7 Å². The zero-order valence-electron chi connectivity index (χ0n) is 9.42. The van der Waals surface area contributed by atoms with Crippen molar-refractivity contribution in [2.75, 3.05) is 0 Å². The highest BCUT2D eigenvalue weighted by Gasteiger charge is 2.48. The molecule has 2 atom stereocenters. The number of ketones is 1. The Morgan fingerprint density at radius 3 is 2.57 bits per heavy atom. The lowest BCUT2D eigenvalue weighted by molar-refractivity contribution is -0.118. The minimum atomic E-state index is -0.0150. The number of carbonyl (C=O) groups is 1. The Hall–Kier alpha value is -0.850. The summed E-state index contributed by atoms with van der Waals surface area (Å²) in [5.74, 6) is 0.412. The number of rotatable bonds is 0. The number of fused-ring (bicyclic) bond motifs is 1. The molecule has 0 heterocycles. The zero-order valence-corrected chi connectivity index (χ0v) is 9.42. The van der Waals surface area contributed by atoms with Crippen molar-refractivity contribution in [3.05, 3.63) is 23.8 Å². The lowest BCUT2D eigenvalue weighted by Gasteiger charge is -2.41. The first-order valence-corrected chi connectivity index (χ1v) is 5.32. The first-order valence-electron chi connectivity index (χ1n) is 5.32. The van der Waals surface area contributed by atoms with E-state index in [-0.39, 0.29) is 16.7 Å². The van der Waals surface area contributed by atoms with Gasteiger partial charge in [-0.25, -0.2) is 0 Å². The summed E-state index contributed by atoms with van der Waals surface area (Å²) in [6, 6.07) is 0. The van der Waals surface area contributed by atoms with Gasteiger partial charge in [0.25, 0.3) is 0 Å². The van der Waals surface area contributed by atoms with Crippen molar-refractivity contribution in [3.8, 4) is 0 Å². The van der Waals surface area contributed by atoms with Crippen molar-refractivity contribution in [2.45, 2.75) is 34.1 Å². The summed E-state index contributed by atoms with van der Waals surface area (Å²) < 4.78 is 0. The van der Waals surface area contributed by atoms with Crippen LogP contribution in [-0.2, 0) is 4.79 Å². The average Bonchev–Trinajstić information content (AvgIpc) is 2.30. The van der Waals surface area contributed by atoms with Crippen molar-refractivity contribution in [3.63, 3.8) is 0 Å². The van der Waals surface area contributed by atoms with Crippen molar-refractivity contribution in [1.82, 2.24) is 0 Å². The molecule has 0 aromatic heterocycles. The summed E-state index contributed by atoms with van der Waals surface area (Å²) in [6.07, 6.45) is 7.38. The predicted octanol–water partition coefficient (Wildman–Crippen LogP) is 3.12. The summed E-state index contributed by atoms with van der Waals surface area (Å²) in [6.45, 7) is 8.68. The number of carbonyl (C=O) groups excluding carboxylic acids is 1. The van der Waals surface area contributed by atoms with Gasteiger partial charge in [0.15, 0.2) is 5.78 Å². The van der Waals surface area contributed by atoms with Gasteiger partial charge in [0.2, 0.25) is 0 Å². The van der Waals surface area contributed by atoms with Gasteiger partial charge in [-0.3, -0.25) is 4.79 Å². The zero-order chi connectivity index (χ0) is 10.6. The Morgan fingerprint density at radius 2 is 2.00 bits per heavy atom. The molecule has 2 unspecified atom stereocenters. The van der Waals surface area contributed by atoms with Crippen molar-refractivity contribution >= 4 is 5.78 Å². The van der Waals surface area contributed by atoms with Gasteiger partial charge in [0.1, 0.15) is 0 Å². The number of allylic oxidation sites excluding steroid dienone is 4. The molecule has 0 amide bonds. The fourth-order valence-electron chi connectivity index (χ4n) is 2.82. The van der Waals surface area contributed by atoms with E-state index >= 15 is 0 Å². The molecule has 0 aromatic carbocycles. The maximum Gasteiger partial charge on any atom is 0.159 e. The van der Waals surface area contributed by atoms with Gasteiger partial charge in [0, 0.05) is 11.3 Å². The van der Waals surface area contributed by atoms with Gasteiger partial charge in [-0.05, 0) is 17.9 Å². The molecule has 0 spiro atoms. The Kier molecular flexibility index (Phi) is 1.79. The van der Waals surface area contributed by atoms with Crippen molar-refractivity contribution in [1.29, 1.82) is 0 Å². The topological polar surface area (TPSA) is 17.1 Å². The van der Waals surface area contributed by atoms with E-state index in [1.165, 1.54) is 5.57 Å². The molecule has 1 nitrogen and oxygen atoms in total. The van der Waals surface area contributed by atoms with E-state index in [1.54, 1.807) is 0 Å². The van der Waals surface area contributed by atoms with Crippen LogP contribution in [0.4, 0.5) is 0 Å². The van der Waals surface area contributed by atoms with Crippen LogP contribution in [-0.4, -0.2) is 5.78 Å². The second kappa shape index (κ2) is 2.59. The fourth-order valence-corrected chi connectivity index (χ4v) is 2.82. The fraction of sp³-hybridized carbons (Fsp3) is 0.615. The molecule has 2 aliphatic carbocycles. The summed E-state index contributed by atoms with van der Waals surface area (Å²) in [5, 5.41) is 0. The van der Waals surface area contributed by atoms with E-state index in [4.69, 9.17) is 0 Å². The molecule has 2 aliphatic rings. The van der Waals surface area contributed by atoms with E-state index in [0.29, 0.717) is 5.78 Å². The molecule has 0 aliphatic heterocycles. The van der Waals surface area contributed by atoms with Crippen LogP contribution < -0.4 is 0 Å². The largest absolute Gasteiger partial charge is 0.295 e. The molecular weight excluding hydrogens is 172 g/mol. The third-order valence-electron chi connectivity index (χ3n) is 4.01. The standard InChI is InChI=1S/C13H18O/c1-9-10(14)8-11-12(2,3)6-5-7-13(9,11)4/h5,7-9H,6H2,1-4H3. The molecule has 0 radical (unpaired) electrons. The smallest absolute Gasteiger partial charge is 0.159 e. The summed E-state index contributed by atoms with van der Waals surface area (Å²) in [5.41, 5.74) is 1.47. The second-order valence-corrected chi connectivity index (χ2v) is 5.46. The highest BCUT2D eigenvalue weighted by Crippen LogP contribution is 2.54. The summed E-state index contributed by atoms with van der Waals surface area (Å²) in [7, 11) is 0. The Bertz CT molecular complexity index is 346. The molecule has 2 rings (SSSR count). The first-order chi connectivity index (χ1) is 6.38. The Labute approximate surface area is 85.9 Å². The van der Waals surface area contributed by atoms with E-state index in [9.17, 15) is 4.79 Å². The van der Waals surface area contributed by atoms with Crippen LogP contribution >= 0.6 is 0 Å². The summed E-state index contributed by atoms with van der Waals surface area (Å²) >= 11 is 0. The van der Waals surface area contributed by atoms with Crippen molar-refractivity contribution < 1.29 is 4.79 Å². The Morgan fingerprint density at radius 1 is 1.36 bits per heavy atom. The SMILES string of the molecule is CC1C(=O)C=C2C(C)(C)CC=CC21C. The maximum atomic E-state index is 11.7. The predicted molar refractivity (Wildman–Crippen MR) is 57.9 cm³/mol. The monoisotopic (exact) mass is 190 g/mol. The minimum Gasteiger partial charge on any atom is -0.295 e. The van der Waals surface area contributed by atoms with Gasteiger partial charge in [-0.15, -0.1) is 0 Å². The molecule has 14 heavy (non-hydrogen) atoms. The molecular formula is C13H18O. The molecule has 0 aromatic rings. The van der Waals surface area contributed by atoms with Crippen LogP contribution in [0.3, 0.4) is 0 Å². The van der Waals surface area contributed by atoms with Gasteiger partial charge in [-0.2, -0.15) is 0 Å². The van der Waals surface area contributed by atoms with Gasteiger partial charge < -0.3 is 0 Å². The van der Waals surface area contributed by atoms with Crippen LogP contribution in [0.25, 0.3) is 0 Å². The lowest BCUT2D eigenvalue weighted by Crippen LogP contribution is -2.33. The Balaban J connectivity index is 2.56. The molecule has 1 heteroatoms.